The number of anilines is 1. The van der Waals surface area contributed by atoms with E-state index in [1.807, 2.05) is 6.92 Å². The highest BCUT2D eigenvalue weighted by atomic mass is 32.1. The molecule has 34 heavy (non-hydrogen) atoms. The summed E-state index contributed by atoms with van der Waals surface area (Å²) in [6.07, 6.45) is 2.09. The molecule has 3 aromatic rings. The van der Waals surface area contributed by atoms with Gasteiger partial charge in [-0.3, -0.25) is 4.79 Å². The third-order valence-electron chi connectivity index (χ3n) is 6.06. The summed E-state index contributed by atoms with van der Waals surface area (Å²) in [5, 5.41) is 6.92. The van der Waals surface area contributed by atoms with E-state index in [4.69, 9.17) is 4.74 Å². The molecule has 1 saturated carbocycles. The van der Waals surface area contributed by atoms with Crippen LogP contribution in [0.15, 0.2) is 12.3 Å². The van der Waals surface area contributed by atoms with Crippen molar-refractivity contribution in [3.05, 3.63) is 45.2 Å². The molecular weight excluding hydrogens is 469 g/mol. The first-order valence-electron chi connectivity index (χ1n) is 11.4. The second-order valence-corrected chi connectivity index (χ2v) is 9.74. The minimum atomic E-state index is -4.65. The van der Waals surface area contributed by atoms with Crippen molar-refractivity contribution in [3.63, 3.8) is 0 Å². The highest BCUT2D eigenvalue weighted by Crippen LogP contribution is 2.42. The number of halogens is 3. The number of hydrogen-bond donors (Lipinski definition) is 1. The fourth-order valence-electron chi connectivity index (χ4n) is 4.24. The number of hydrogen-bond acceptors (Lipinski definition) is 6. The number of carbonyl (C=O) groups excluding carboxylic acids is 2. The van der Waals surface area contributed by atoms with Crippen LogP contribution in [0.4, 0.5) is 18.2 Å². The number of fused-ring (bicyclic) bond motifs is 2. The van der Waals surface area contributed by atoms with E-state index in [0.29, 0.717) is 27.2 Å². The van der Waals surface area contributed by atoms with Crippen LogP contribution < -0.4 is 5.32 Å². The average molecular weight is 493 g/mol. The summed E-state index contributed by atoms with van der Waals surface area (Å²) >= 11 is 1.32. The lowest BCUT2D eigenvalue weighted by Gasteiger charge is -2.12. The maximum atomic E-state index is 13.7. The van der Waals surface area contributed by atoms with Crippen molar-refractivity contribution in [1.29, 1.82) is 0 Å². The van der Waals surface area contributed by atoms with Gasteiger partial charge in [-0.15, -0.1) is 11.3 Å². The van der Waals surface area contributed by atoms with Gasteiger partial charge in [0.15, 0.2) is 5.65 Å². The number of nitrogens with zero attached hydrogens (tertiary/aromatic N) is 3. The molecule has 0 aromatic carbocycles. The van der Waals surface area contributed by atoms with Gasteiger partial charge < -0.3 is 10.1 Å². The molecule has 1 N–H and O–H groups in total. The summed E-state index contributed by atoms with van der Waals surface area (Å²) < 4.78 is 47.0. The standard InChI is InChI=1S/C23H23F3N4O3S/c1-2-9-33-22(32)18-13-5-3-4-6-16(13)34-21(18)29-20(31)14-11-27-30-17(23(24,25)26)10-15(12-7-8-12)28-19(14)30/h10-12H,2-9H2,1H3,(H,29,31). The first-order valence-corrected chi connectivity index (χ1v) is 12.2. The Kier molecular flexibility index (Phi) is 5.83. The van der Waals surface area contributed by atoms with Crippen LogP contribution in [0.1, 0.15) is 87.5 Å². The van der Waals surface area contributed by atoms with Crippen LogP contribution in [0.5, 0.6) is 0 Å². The molecule has 0 spiro atoms. The predicted molar refractivity (Wildman–Crippen MR) is 119 cm³/mol. The zero-order valence-electron chi connectivity index (χ0n) is 18.5. The number of alkyl halides is 3. The molecule has 5 rings (SSSR count). The number of aryl methyl sites for hydroxylation is 1. The molecule has 0 saturated heterocycles. The largest absolute Gasteiger partial charge is 0.462 e. The van der Waals surface area contributed by atoms with Gasteiger partial charge >= 0.3 is 12.1 Å². The van der Waals surface area contributed by atoms with Crippen LogP contribution in [0, 0.1) is 0 Å². The Labute approximate surface area is 197 Å². The first kappa shape index (κ1) is 22.8. The zero-order valence-corrected chi connectivity index (χ0v) is 19.3. The molecule has 0 unspecified atom stereocenters. The molecule has 11 heteroatoms. The van der Waals surface area contributed by atoms with E-state index in [1.165, 1.54) is 11.3 Å². The molecule has 1 fully saturated rings. The van der Waals surface area contributed by atoms with Gasteiger partial charge in [0.1, 0.15) is 16.3 Å². The highest BCUT2D eigenvalue weighted by molar-refractivity contribution is 7.17. The molecular formula is C23H23F3N4O3S. The molecule has 2 aliphatic rings. The van der Waals surface area contributed by atoms with E-state index in [2.05, 4.69) is 15.4 Å². The smallest absolute Gasteiger partial charge is 0.433 e. The van der Waals surface area contributed by atoms with Gasteiger partial charge in [-0.1, -0.05) is 6.92 Å². The topological polar surface area (TPSA) is 85.6 Å². The molecule has 3 heterocycles. The van der Waals surface area contributed by atoms with Crippen molar-refractivity contribution in [2.24, 2.45) is 0 Å². The summed E-state index contributed by atoms with van der Waals surface area (Å²) in [7, 11) is 0. The molecule has 0 radical (unpaired) electrons. The SMILES string of the molecule is CCCOC(=O)c1c(NC(=O)c2cnn3c(C(F)(F)F)cc(C4CC4)nc23)sc2c1CCCC2. The lowest BCUT2D eigenvalue weighted by atomic mass is 9.95. The molecule has 0 bridgehead atoms. The lowest BCUT2D eigenvalue weighted by molar-refractivity contribution is -0.142. The number of nitrogens with one attached hydrogen (secondary N) is 1. The third-order valence-corrected chi connectivity index (χ3v) is 7.27. The highest BCUT2D eigenvalue weighted by Gasteiger charge is 2.38. The summed E-state index contributed by atoms with van der Waals surface area (Å²) in [5.41, 5.74) is 0.359. The van der Waals surface area contributed by atoms with E-state index in [9.17, 15) is 22.8 Å². The second kappa shape index (κ2) is 8.68. The van der Waals surface area contributed by atoms with Crippen LogP contribution >= 0.6 is 11.3 Å². The van der Waals surface area contributed by atoms with Gasteiger partial charge in [0, 0.05) is 16.5 Å². The fourth-order valence-corrected chi connectivity index (χ4v) is 5.51. The number of rotatable bonds is 6. The van der Waals surface area contributed by atoms with Gasteiger partial charge in [-0.2, -0.15) is 18.3 Å². The van der Waals surface area contributed by atoms with E-state index >= 15 is 0 Å². The Hall–Kier alpha value is -2.95. The Morgan fingerprint density at radius 2 is 2.03 bits per heavy atom. The summed E-state index contributed by atoms with van der Waals surface area (Å²) in [5.74, 6) is -1.20. The molecule has 180 valence electrons. The van der Waals surface area contributed by atoms with Gasteiger partial charge in [0.2, 0.25) is 0 Å². The molecule has 0 atom stereocenters. The minimum Gasteiger partial charge on any atom is -0.462 e. The fraction of sp³-hybridized carbons (Fsp3) is 0.478. The van der Waals surface area contributed by atoms with Crippen LogP contribution in [-0.4, -0.2) is 33.1 Å². The van der Waals surface area contributed by atoms with Gasteiger partial charge in [0.05, 0.1) is 18.4 Å². The Bertz CT molecular complexity index is 1280. The van der Waals surface area contributed by atoms with Gasteiger partial charge in [0.25, 0.3) is 5.91 Å². The Balaban J connectivity index is 1.53. The maximum absolute atomic E-state index is 13.7. The van der Waals surface area contributed by atoms with E-state index < -0.39 is 23.7 Å². The minimum absolute atomic E-state index is 0.0409. The van der Waals surface area contributed by atoms with Crippen molar-refractivity contribution in [1.82, 2.24) is 14.6 Å². The number of carbonyl (C=O) groups is 2. The normalized spacial score (nSPS) is 15.9. The molecule has 1 amide bonds. The maximum Gasteiger partial charge on any atom is 0.433 e. The molecule has 3 aromatic heterocycles. The Morgan fingerprint density at radius 3 is 2.74 bits per heavy atom. The van der Waals surface area contributed by atoms with Gasteiger partial charge in [-0.25, -0.2) is 14.3 Å². The number of thiophene rings is 1. The van der Waals surface area contributed by atoms with E-state index in [0.717, 1.165) is 61.2 Å². The average Bonchev–Trinajstić information content (AvgIpc) is 3.46. The molecule has 0 aliphatic heterocycles. The predicted octanol–water partition coefficient (Wildman–Crippen LogP) is 5.38. The van der Waals surface area contributed by atoms with Crippen molar-refractivity contribution in [3.8, 4) is 0 Å². The van der Waals surface area contributed by atoms with Crippen molar-refractivity contribution >= 4 is 33.9 Å². The molecule has 7 nitrogen and oxygen atoms in total. The van der Waals surface area contributed by atoms with E-state index in [-0.39, 0.29) is 23.7 Å². The number of amides is 1. The number of esters is 1. The van der Waals surface area contributed by atoms with Crippen molar-refractivity contribution in [2.45, 2.75) is 64.0 Å². The summed E-state index contributed by atoms with van der Waals surface area (Å²) in [4.78, 5) is 31.4. The first-order chi connectivity index (χ1) is 16.3. The van der Waals surface area contributed by atoms with Crippen molar-refractivity contribution < 1.29 is 27.5 Å². The Morgan fingerprint density at radius 1 is 1.26 bits per heavy atom. The monoisotopic (exact) mass is 492 g/mol. The van der Waals surface area contributed by atoms with Gasteiger partial charge in [-0.05, 0) is 56.6 Å². The third kappa shape index (κ3) is 4.17. The molecule has 2 aliphatic carbocycles. The van der Waals surface area contributed by atoms with Crippen LogP contribution in [0.2, 0.25) is 0 Å². The summed E-state index contributed by atoms with van der Waals surface area (Å²) in [6, 6.07) is 1.01. The summed E-state index contributed by atoms with van der Waals surface area (Å²) in [6.45, 7) is 2.15. The van der Waals surface area contributed by atoms with Crippen molar-refractivity contribution in [2.75, 3.05) is 11.9 Å². The second-order valence-electron chi connectivity index (χ2n) is 8.64. The lowest BCUT2D eigenvalue weighted by Crippen LogP contribution is -2.17. The van der Waals surface area contributed by atoms with Crippen LogP contribution in [0.25, 0.3) is 5.65 Å². The van der Waals surface area contributed by atoms with Crippen LogP contribution in [0.3, 0.4) is 0 Å². The zero-order chi connectivity index (χ0) is 24.0. The number of ether oxygens (including phenoxy) is 1. The quantitative estimate of drug-likeness (QED) is 0.467. The number of aromatic nitrogens is 3. The van der Waals surface area contributed by atoms with Crippen LogP contribution in [-0.2, 0) is 23.8 Å². The van der Waals surface area contributed by atoms with E-state index in [1.54, 1.807) is 0 Å².